The van der Waals surface area contributed by atoms with Crippen LogP contribution < -0.4 is 0 Å². The van der Waals surface area contributed by atoms with Gasteiger partial charge in [0.05, 0.1) is 5.02 Å². The molecule has 0 bridgehead atoms. The number of aliphatic carboxylic acids is 1. The maximum absolute atomic E-state index is 12.5. The van der Waals surface area contributed by atoms with Crippen molar-refractivity contribution in [2.24, 2.45) is 0 Å². The highest BCUT2D eigenvalue weighted by Crippen LogP contribution is 2.29. The van der Waals surface area contributed by atoms with E-state index < -0.39 is 5.97 Å². The summed E-state index contributed by atoms with van der Waals surface area (Å²) < 4.78 is 1.78. The Kier molecular flexibility index (Phi) is 3.85. The van der Waals surface area contributed by atoms with Gasteiger partial charge in [-0.25, -0.2) is 0 Å². The number of amides is 1. The van der Waals surface area contributed by atoms with Crippen molar-refractivity contribution < 1.29 is 14.7 Å². The topological polar surface area (TPSA) is 62.5 Å². The van der Waals surface area contributed by atoms with E-state index in [1.807, 2.05) is 13.8 Å². The Bertz CT molecular complexity index is 506. The number of carbonyl (C=O) groups excluding carboxylic acids is 1. The van der Waals surface area contributed by atoms with Crippen molar-refractivity contribution in [2.45, 2.75) is 38.8 Å². The summed E-state index contributed by atoms with van der Waals surface area (Å²) in [7, 11) is 0. The lowest BCUT2D eigenvalue weighted by molar-refractivity contribution is -0.137. The third-order valence-corrected chi connectivity index (χ3v) is 3.35. The monoisotopic (exact) mass is 284 g/mol. The van der Waals surface area contributed by atoms with Crippen molar-refractivity contribution in [3.05, 3.63) is 23.0 Å². The van der Waals surface area contributed by atoms with Crippen LogP contribution in [0.2, 0.25) is 5.02 Å². The zero-order valence-electron chi connectivity index (χ0n) is 11.0. The first-order valence-electron chi connectivity index (χ1n) is 6.30. The minimum atomic E-state index is -0.992. The first-order valence-corrected chi connectivity index (χ1v) is 6.68. The molecule has 0 aliphatic heterocycles. The van der Waals surface area contributed by atoms with Gasteiger partial charge in [0, 0.05) is 18.3 Å². The Morgan fingerprint density at radius 2 is 2.16 bits per heavy atom. The molecule has 1 aliphatic rings. The molecule has 6 heteroatoms. The molecule has 1 aromatic heterocycles. The molecule has 0 aromatic carbocycles. The third kappa shape index (κ3) is 3.10. The predicted octanol–water partition coefficient (Wildman–Crippen LogP) is 2.41. The van der Waals surface area contributed by atoms with Gasteiger partial charge in [-0.2, -0.15) is 0 Å². The highest BCUT2D eigenvalue weighted by Gasteiger charge is 2.35. The van der Waals surface area contributed by atoms with Crippen molar-refractivity contribution in [1.29, 1.82) is 0 Å². The predicted molar refractivity (Wildman–Crippen MR) is 71.5 cm³/mol. The second-order valence-corrected chi connectivity index (χ2v) is 5.54. The van der Waals surface area contributed by atoms with Crippen molar-refractivity contribution in [3.63, 3.8) is 0 Å². The summed E-state index contributed by atoms with van der Waals surface area (Å²) in [6.07, 6.45) is 3.44. The van der Waals surface area contributed by atoms with Crippen LogP contribution in [-0.2, 0) is 4.79 Å². The SMILES string of the molecule is CC(C)n1cc(Cl)cc1C(=O)N(CC(=O)O)C1CC1. The molecule has 0 radical (unpaired) electrons. The second kappa shape index (κ2) is 5.25. The van der Waals surface area contributed by atoms with Gasteiger partial charge in [-0.05, 0) is 32.8 Å². The van der Waals surface area contributed by atoms with E-state index >= 15 is 0 Å². The van der Waals surface area contributed by atoms with Crippen molar-refractivity contribution >= 4 is 23.5 Å². The summed E-state index contributed by atoms with van der Waals surface area (Å²) >= 11 is 5.95. The average Bonchev–Trinajstić information content (AvgIpc) is 3.07. The molecular weight excluding hydrogens is 268 g/mol. The zero-order valence-corrected chi connectivity index (χ0v) is 11.7. The molecule has 104 valence electrons. The largest absolute Gasteiger partial charge is 0.480 e. The molecule has 2 rings (SSSR count). The normalized spacial score (nSPS) is 14.7. The van der Waals surface area contributed by atoms with Gasteiger partial charge < -0.3 is 14.6 Å². The Balaban J connectivity index is 2.28. The van der Waals surface area contributed by atoms with Crippen molar-refractivity contribution in [3.8, 4) is 0 Å². The fourth-order valence-electron chi connectivity index (χ4n) is 2.09. The molecule has 0 unspecified atom stereocenters. The van der Waals surface area contributed by atoms with Crippen LogP contribution in [0.15, 0.2) is 12.3 Å². The van der Waals surface area contributed by atoms with E-state index in [2.05, 4.69) is 0 Å². The number of nitrogens with zero attached hydrogens (tertiary/aromatic N) is 2. The molecule has 0 atom stereocenters. The molecule has 5 nitrogen and oxygen atoms in total. The number of aromatic nitrogens is 1. The minimum Gasteiger partial charge on any atom is -0.480 e. The van der Waals surface area contributed by atoms with E-state index in [1.54, 1.807) is 16.8 Å². The first-order chi connectivity index (χ1) is 8.90. The van der Waals surface area contributed by atoms with Crippen molar-refractivity contribution in [2.75, 3.05) is 6.54 Å². The van der Waals surface area contributed by atoms with Gasteiger partial charge in [0.1, 0.15) is 12.2 Å². The summed E-state index contributed by atoms with van der Waals surface area (Å²) in [6.45, 7) is 3.64. The number of carbonyl (C=O) groups is 2. The fraction of sp³-hybridized carbons (Fsp3) is 0.538. The quantitative estimate of drug-likeness (QED) is 0.903. The Morgan fingerprint density at radius 1 is 1.53 bits per heavy atom. The van der Waals surface area contributed by atoms with Gasteiger partial charge in [-0.3, -0.25) is 9.59 Å². The molecule has 1 N–H and O–H groups in total. The summed E-state index contributed by atoms with van der Waals surface area (Å²) in [5.41, 5.74) is 0.452. The van der Waals surface area contributed by atoms with Crippen LogP contribution in [-0.4, -0.2) is 39.0 Å². The lowest BCUT2D eigenvalue weighted by Crippen LogP contribution is -2.38. The standard InChI is InChI=1S/C13H17ClN2O3/c1-8(2)15-6-9(14)5-11(15)13(19)16(7-12(17)18)10-3-4-10/h5-6,8,10H,3-4,7H2,1-2H3,(H,17,18). The van der Waals surface area contributed by atoms with Gasteiger partial charge in [0.2, 0.25) is 0 Å². The molecule has 19 heavy (non-hydrogen) atoms. The lowest BCUT2D eigenvalue weighted by Gasteiger charge is -2.22. The van der Waals surface area contributed by atoms with Crippen LogP contribution in [0.1, 0.15) is 43.2 Å². The Labute approximate surface area is 116 Å². The van der Waals surface area contributed by atoms with Crippen LogP contribution in [0.3, 0.4) is 0 Å². The molecule has 1 aliphatic carbocycles. The maximum atomic E-state index is 12.5. The summed E-state index contributed by atoms with van der Waals surface area (Å²) in [4.78, 5) is 24.8. The third-order valence-electron chi connectivity index (χ3n) is 3.14. The van der Waals surface area contributed by atoms with Crippen LogP contribution in [0.5, 0.6) is 0 Å². The molecule has 1 amide bonds. The fourth-order valence-corrected chi connectivity index (χ4v) is 2.30. The number of rotatable bonds is 5. The first kappa shape index (κ1) is 13.9. The Hall–Kier alpha value is -1.49. The van der Waals surface area contributed by atoms with Gasteiger partial charge >= 0.3 is 5.97 Å². The van der Waals surface area contributed by atoms with Crippen LogP contribution >= 0.6 is 11.6 Å². The van der Waals surface area contributed by atoms with Gasteiger partial charge in [-0.1, -0.05) is 11.6 Å². The number of carboxylic acids is 1. The molecule has 1 aromatic rings. The highest BCUT2D eigenvalue weighted by atomic mass is 35.5. The average molecular weight is 285 g/mol. The number of hydrogen-bond donors (Lipinski definition) is 1. The zero-order chi connectivity index (χ0) is 14.2. The van der Waals surface area contributed by atoms with Crippen LogP contribution in [0.25, 0.3) is 0 Å². The Morgan fingerprint density at radius 3 is 2.63 bits per heavy atom. The van der Waals surface area contributed by atoms with Crippen LogP contribution in [0, 0.1) is 0 Å². The van der Waals surface area contributed by atoms with E-state index in [-0.39, 0.29) is 24.5 Å². The molecule has 0 spiro atoms. The molecule has 0 saturated heterocycles. The lowest BCUT2D eigenvalue weighted by atomic mass is 10.3. The minimum absolute atomic E-state index is 0.0536. The van der Waals surface area contributed by atoms with Gasteiger partial charge in [0.25, 0.3) is 5.91 Å². The van der Waals surface area contributed by atoms with E-state index in [0.29, 0.717) is 10.7 Å². The number of hydrogen-bond acceptors (Lipinski definition) is 2. The smallest absolute Gasteiger partial charge is 0.323 e. The number of halogens is 1. The van der Waals surface area contributed by atoms with Gasteiger partial charge in [0.15, 0.2) is 0 Å². The van der Waals surface area contributed by atoms with Crippen LogP contribution in [0.4, 0.5) is 0 Å². The van der Waals surface area contributed by atoms with E-state index in [9.17, 15) is 9.59 Å². The maximum Gasteiger partial charge on any atom is 0.323 e. The van der Waals surface area contributed by atoms with Crippen molar-refractivity contribution in [1.82, 2.24) is 9.47 Å². The summed E-state index contributed by atoms with van der Waals surface area (Å²) in [6, 6.07) is 1.75. The molecule has 1 fully saturated rings. The van der Waals surface area contributed by atoms with Gasteiger partial charge in [-0.15, -0.1) is 0 Å². The summed E-state index contributed by atoms with van der Waals surface area (Å²) in [5, 5.41) is 9.40. The van der Waals surface area contributed by atoms with E-state index in [4.69, 9.17) is 16.7 Å². The van der Waals surface area contributed by atoms with E-state index in [0.717, 1.165) is 12.8 Å². The number of carboxylic acid groups (broad SMARTS) is 1. The second-order valence-electron chi connectivity index (χ2n) is 5.10. The molecule has 1 saturated carbocycles. The molecular formula is C13H17ClN2O3. The molecule has 1 heterocycles. The van der Waals surface area contributed by atoms with E-state index in [1.165, 1.54) is 4.90 Å². The highest BCUT2D eigenvalue weighted by molar-refractivity contribution is 6.31. The summed E-state index contributed by atoms with van der Waals surface area (Å²) in [5.74, 6) is -1.25.